The molecule has 4 rings (SSSR count). The number of fused-ring (bicyclic) bond motifs is 1. The molecule has 0 spiro atoms. The number of hydrogen-bond donors (Lipinski definition) is 1. The topological polar surface area (TPSA) is 58.2 Å². The summed E-state index contributed by atoms with van der Waals surface area (Å²) in [6, 6.07) is 20.1. The van der Waals surface area contributed by atoms with E-state index >= 15 is 0 Å². The molecule has 0 atom stereocenters. The number of carbonyl (C=O) groups excluding carboxylic acids is 1. The summed E-state index contributed by atoms with van der Waals surface area (Å²) < 4.78 is 61.9. The third-order valence-corrected chi connectivity index (χ3v) is 6.48. The summed E-state index contributed by atoms with van der Waals surface area (Å²) in [5.74, 6) is -0.197. The van der Waals surface area contributed by atoms with E-state index in [1.807, 2.05) is 6.08 Å². The largest absolute Gasteiger partial charge is 0.494 e. The van der Waals surface area contributed by atoms with Crippen LogP contribution < -0.4 is 4.74 Å². The molecule has 1 amide bonds. The molecular weight excluding hydrogens is 534 g/mol. The monoisotopic (exact) mass is 565 g/mol. The normalized spacial score (nSPS) is 12.5. The molecule has 0 aliphatic carbocycles. The van der Waals surface area contributed by atoms with Crippen molar-refractivity contribution in [3.8, 4) is 5.75 Å². The van der Waals surface area contributed by atoms with E-state index in [0.29, 0.717) is 40.1 Å². The molecule has 5 nitrogen and oxygen atoms in total. The highest BCUT2D eigenvalue weighted by Gasteiger charge is 2.31. The van der Waals surface area contributed by atoms with Crippen LogP contribution in [0.2, 0.25) is 0 Å². The van der Waals surface area contributed by atoms with Gasteiger partial charge in [0.1, 0.15) is 5.75 Å². The Morgan fingerprint density at radius 3 is 2.34 bits per heavy atom. The molecule has 0 fully saturated rings. The van der Waals surface area contributed by atoms with E-state index < -0.39 is 18.5 Å². The SMILES string of the molecule is CN(C)C(=O)/C=C/CCCCOc1ccc(/C(=C(/CC(F)(F)F)c2ccccc2)c2ccc3[nH]nc(F)c3c2)cc1. The number of nitrogens with one attached hydrogen (secondary N) is 1. The number of halogens is 4. The van der Waals surface area contributed by atoms with Gasteiger partial charge in [0.2, 0.25) is 11.9 Å². The van der Waals surface area contributed by atoms with Crippen molar-refractivity contribution in [3.05, 3.63) is 108 Å². The van der Waals surface area contributed by atoms with Gasteiger partial charge in [-0.05, 0) is 77.4 Å². The van der Waals surface area contributed by atoms with E-state index in [-0.39, 0.29) is 16.9 Å². The first kappa shape index (κ1) is 29.6. The number of likely N-dealkylation sites (N-methyl/N-ethyl adjacent to an activating group) is 1. The zero-order chi connectivity index (χ0) is 29.4. The highest BCUT2D eigenvalue weighted by atomic mass is 19.4. The number of aromatic nitrogens is 2. The van der Waals surface area contributed by atoms with Crippen LogP contribution in [0.25, 0.3) is 22.0 Å². The number of alkyl halides is 3. The number of nitrogens with zero attached hydrogens (tertiary/aromatic N) is 2. The Morgan fingerprint density at radius 1 is 0.951 bits per heavy atom. The van der Waals surface area contributed by atoms with Gasteiger partial charge < -0.3 is 9.64 Å². The maximum absolute atomic E-state index is 14.3. The standard InChI is InChI=1S/C32H31F4N3O2/c1-39(2)29(40)12-8-3-4-9-19-41-25-16-13-23(14-17-25)30(24-15-18-28-26(20-24)31(33)38-37-28)27(21-32(34,35)36)22-10-6-5-7-11-22/h5-8,10-18,20H,3-4,9,19,21H2,1-2H3,(H,37,38)/b12-8+,30-27+. The lowest BCUT2D eigenvalue weighted by Gasteiger charge is -2.19. The molecule has 0 aliphatic rings. The third-order valence-electron chi connectivity index (χ3n) is 6.48. The minimum Gasteiger partial charge on any atom is -0.494 e. The van der Waals surface area contributed by atoms with Gasteiger partial charge in [0, 0.05) is 14.1 Å². The van der Waals surface area contributed by atoms with Crippen LogP contribution in [0.15, 0.2) is 84.9 Å². The van der Waals surface area contributed by atoms with Crippen molar-refractivity contribution < 1.29 is 27.1 Å². The quantitative estimate of drug-likeness (QED) is 0.0874. The molecule has 0 saturated carbocycles. The highest BCUT2D eigenvalue weighted by molar-refractivity contribution is 6.00. The lowest BCUT2D eigenvalue weighted by atomic mass is 9.87. The molecule has 1 aromatic heterocycles. The summed E-state index contributed by atoms with van der Waals surface area (Å²) in [6.07, 6.45) is 0.110. The minimum absolute atomic E-state index is 0.0600. The van der Waals surface area contributed by atoms with Crippen LogP contribution >= 0.6 is 0 Å². The molecule has 41 heavy (non-hydrogen) atoms. The molecule has 0 saturated heterocycles. The number of amides is 1. The van der Waals surface area contributed by atoms with Crippen molar-refractivity contribution in [1.29, 1.82) is 0 Å². The molecule has 214 valence electrons. The number of unbranched alkanes of at least 4 members (excludes halogenated alkanes) is 2. The molecule has 0 bridgehead atoms. The van der Waals surface area contributed by atoms with E-state index in [9.17, 15) is 22.4 Å². The molecule has 9 heteroatoms. The zero-order valence-electron chi connectivity index (χ0n) is 22.8. The van der Waals surface area contributed by atoms with Gasteiger partial charge in [0.05, 0.1) is 23.9 Å². The number of benzene rings is 3. The average molecular weight is 566 g/mol. The molecule has 0 aliphatic heterocycles. The number of aromatic amines is 1. The van der Waals surface area contributed by atoms with Crippen LogP contribution in [0.3, 0.4) is 0 Å². The molecule has 0 unspecified atom stereocenters. The fourth-order valence-electron chi connectivity index (χ4n) is 4.43. The Hall–Kier alpha value is -4.40. The van der Waals surface area contributed by atoms with E-state index in [1.54, 1.807) is 86.9 Å². The van der Waals surface area contributed by atoms with Gasteiger partial charge in [-0.25, -0.2) is 0 Å². The van der Waals surface area contributed by atoms with E-state index in [4.69, 9.17) is 4.74 Å². The smallest absolute Gasteiger partial charge is 0.393 e. The first-order valence-electron chi connectivity index (χ1n) is 13.2. The van der Waals surface area contributed by atoms with Crippen LogP contribution in [-0.4, -0.2) is 47.9 Å². The Labute approximate surface area is 236 Å². The lowest BCUT2D eigenvalue weighted by Crippen LogP contribution is -2.18. The van der Waals surface area contributed by atoms with Crippen LogP contribution in [-0.2, 0) is 4.79 Å². The fourth-order valence-corrected chi connectivity index (χ4v) is 4.43. The van der Waals surface area contributed by atoms with Gasteiger partial charge >= 0.3 is 6.18 Å². The predicted octanol–water partition coefficient (Wildman–Crippen LogP) is 7.81. The minimum atomic E-state index is -4.47. The Bertz CT molecular complexity index is 1520. The molecule has 1 N–H and O–H groups in total. The van der Waals surface area contributed by atoms with Crippen molar-refractivity contribution in [3.63, 3.8) is 0 Å². The highest BCUT2D eigenvalue weighted by Crippen LogP contribution is 2.40. The summed E-state index contributed by atoms with van der Waals surface area (Å²) in [4.78, 5) is 13.1. The number of ether oxygens (including phenoxy) is 1. The summed E-state index contributed by atoms with van der Waals surface area (Å²) in [6.45, 7) is 0.456. The molecule has 0 radical (unpaired) electrons. The second kappa shape index (κ2) is 13.3. The first-order chi connectivity index (χ1) is 19.6. The summed E-state index contributed by atoms with van der Waals surface area (Å²) >= 11 is 0. The fraction of sp³-hybridized carbons (Fsp3) is 0.250. The lowest BCUT2D eigenvalue weighted by molar-refractivity contribution is -0.124. The Kier molecular flexibility index (Phi) is 9.60. The molecule has 3 aromatic carbocycles. The van der Waals surface area contributed by atoms with Crippen molar-refractivity contribution in [2.45, 2.75) is 31.9 Å². The van der Waals surface area contributed by atoms with Gasteiger partial charge in [-0.15, -0.1) is 5.10 Å². The van der Waals surface area contributed by atoms with Gasteiger partial charge in [-0.3, -0.25) is 9.89 Å². The Balaban J connectivity index is 1.61. The summed E-state index contributed by atoms with van der Waals surface area (Å²) in [5.41, 5.74) is 2.28. The van der Waals surface area contributed by atoms with E-state index in [0.717, 1.165) is 19.3 Å². The van der Waals surface area contributed by atoms with Crippen molar-refractivity contribution in [2.75, 3.05) is 20.7 Å². The second-order valence-corrected chi connectivity index (χ2v) is 9.79. The number of hydrogen-bond acceptors (Lipinski definition) is 3. The number of rotatable bonds is 11. The molecular formula is C32H31F4N3O2. The van der Waals surface area contributed by atoms with Crippen LogP contribution in [0.5, 0.6) is 5.75 Å². The summed E-state index contributed by atoms with van der Waals surface area (Å²) in [7, 11) is 3.39. The number of carbonyl (C=O) groups is 1. The van der Waals surface area contributed by atoms with Crippen LogP contribution in [0.1, 0.15) is 42.4 Å². The van der Waals surface area contributed by atoms with Gasteiger partial charge in [-0.1, -0.05) is 54.6 Å². The van der Waals surface area contributed by atoms with Crippen molar-refractivity contribution >= 4 is 28.0 Å². The van der Waals surface area contributed by atoms with Gasteiger partial charge in [0.15, 0.2) is 0 Å². The zero-order valence-corrected chi connectivity index (χ0v) is 22.8. The third kappa shape index (κ3) is 8.06. The number of allylic oxidation sites excluding steroid dienone is 2. The Morgan fingerprint density at radius 2 is 1.66 bits per heavy atom. The van der Waals surface area contributed by atoms with Crippen LogP contribution in [0.4, 0.5) is 17.6 Å². The number of H-pyrrole nitrogens is 1. The second-order valence-electron chi connectivity index (χ2n) is 9.79. The van der Waals surface area contributed by atoms with Gasteiger partial charge in [-0.2, -0.15) is 17.6 Å². The van der Waals surface area contributed by atoms with Crippen LogP contribution in [0, 0.1) is 5.95 Å². The summed E-state index contributed by atoms with van der Waals surface area (Å²) in [5, 5.41) is 6.37. The predicted molar refractivity (Wildman–Crippen MR) is 153 cm³/mol. The van der Waals surface area contributed by atoms with Crippen molar-refractivity contribution in [1.82, 2.24) is 15.1 Å². The van der Waals surface area contributed by atoms with E-state index in [2.05, 4.69) is 10.2 Å². The molecule has 4 aromatic rings. The first-order valence-corrected chi connectivity index (χ1v) is 13.2. The average Bonchev–Trinajstić information content (AvgIpc) is 3.32. The maximum Gasteiger partial charge on any atom is 0.393 e. The van der Waals surface area contributed by atoms with Crippen molar-refractivity contribution in [2.24, 2.45) is 0 Å². The van der Waals surface area contributed by atoms with E-state index in [1.165, 1.54) is 11.0 Å². The van der Waals surface area contributed by atoms with Gasteiger partial charge in [0.25, 0.3) is 0 Å². The molecule has 1 heterocycles. The maximum atomic E-state index is 14.3.